The maximum Gasteiger partial charge on any atom is 0.354 e. The minimum atomic E-state index is -0.680. The van der Waals surface area contributed by atoms with E-state index in [1.54, 1.807) is 6.92 Å². The Morgan fingerprint density at radius 3 is 2.58 bits per heavy atom. The van der Waals surface area contributed by atoms with Crippen molar-refractivity contribution in [2.24, 2.45) is 5.73 Å². The standard InChI is InChI=1S/C7H12N2O3/c1-3-12-7(11)5(8)4-6(10)9-2/h4H,3,8H2,1-2H3,(H,9,10)/b5-4-. The van der Waals surface area contributed by atoms with E-state index in [-0.39, 0.29) is 12.3 Å². The average molecular weight is 172 g/mol. The van der Waals surface area contributed by atoms with Crippen LogP contribution in [0.1, 0.15) is 6.92 Å². The van der Waals surface area contributed by atoms with Gasteiger partial charge in [0.15, 0.2) is 0 Å². The quantitative estimate of drug-likeness (QED) is 0.428. The summed E-state index contributed by atoms with van der Waals surface area (Å²) < 4.78 is 4.54. The van der Waals surface area contributed by atoms with Gasteiger partial charge >= 0.3 is 5.97 Å². The molecule has 0 atom stereocenters. The molecule has 12 heavy (non-hydrogen) atoms. The largest absolute Gasteiger partial charge is 0.461 e. The van der Waals surface area contributed by atoms with Crippen LogP contribution in [0, 0.1) is 0 Å². The summed E-state index contributed by atoms with van der Waals surface area (Å²) in [6.45, 7) is 1.90. The SMILES string of the molecule is CCOC(=O)/C(N)=C/C(=O)NC. The highest BCUT2D eigenvalue weighted by Crippen LogP contribution is 1.88. The predicted molar refractivity (Wildman–Crippen MR) is 43.0 cm³/mol. The summed E-state index contributed by atoms with van der Waals surface area (Å²) in [6.07, 6.45) is 0.984. The molecule has 5 heteroatoms. The van der Waals surface area contributed by atoms with Crippen molar-refractivity contribution >= 4 is 11.9 Å². The Labute approximate surface area is 70.6 Å². The van der Waals surface area contributed by atoms with Gasteiger partial charge in [-0.1, -0.05) is 0 Å². The number of nitrogens with two attached hydrogens (primary N) is 1. The van der Waals surface area contributed by atoms with E-state index in [1.165, 1.54) is 7.05 Å². The third-order valence-corrected chi connectivity index (χ3v) is 1.04. The monoisotopic (exact) mass is 172 g/mol. The molecule has 0 fully saturated rings. The van der Waals surface area contributed by atoms with Crippen LogP contribution in [0.5, 0.6) is 0 Å². The van der Waals surface area contributed by atoms with E-state index >= 15 is 0 Å². The molecule has 68 valence electrons. The minimum absolute atomic E-state index is 0.198. The lowest BCUT2D eigenvalue weighted by atomic mass is 10.4. The van der Waals surface area contributed by atoms with Gasteiger partial charge in [0.1, 0.15) is 5.70 Å². The van der Waals surface area contributed by atoms with Gasteiger partial charge in [0.2, 0.25) is 5.91 Å². The number of ether oxygens (including phenoxy) is 1. The van der Waals surface area contributed by atoms with E-state index in [2.05, 4.69) is 10.1 Å². The van der Waals surface area contributed by atoms with Crippen molar-refractivity contribution < 1.29 is 14.3 Å². The van der Waals surface area contributed by atoms with Crippen molar-refractivity contribution in [2.75, 3.05) is 13.7 Å². The third kappa shape index (κ3) is 3.60. The first-order valence-electron chi connectivity index (χ1n) is 3.47. The summed E-state index contributed by atoms with van der Waals surface area (Å²) in [5.41, 5.74) is 5.01. The molecule has 0 aromatic heterocycles. The number of carbonyl (C=O) groups excluding carboxylic acids is 2. The fourth-order valence-electron chi connectivity index (χ4n) is 0.487. The molecule has 0 saturated carbocycles. The van der Waals surface area contributed by atoms with Crippen LogP contribution in [0.4, 0.5) is 0 Å². The van der Waals surface area contributed by atoms with E-state index in [9.17, 15) is 9.59 Å². The average Bonchev–Trinajstić information content (AvgIpc) is 2.04. The fourth-order valence-corrected chi connectivity index (χ4v) is 0.487. The minimum Gasteiger partial charge on any atom is -0.461 e. The van der Waals surface area contributed by atoms with E-state index < -0.39 is 11.9 Å². The molecule has 0 radical (unpaired) electrons. The number of rotatable bonds is 3. The molecule has 5 nitrogen and oxygen atoms in total. The molecule has 0 aromatic rings. The summed E-state index contributed by atoms with van der Waals surface area (Å²) in [4.78, 5) is 21.5. The van der Waals surface area contributed by atoms with Gasteiger partial charge < -0.3 is 15.8 Å². The Kier molecular flexibility index (Phi) is 4.52. The highest BCUT2D eigenvalue weighted by molar-refractivity contribution is 5.97. The second kappa shape index (κ2) is 5.17. The molecule has 0 heterocycles. The lowest BCUT2D eigenvalue weighted by molar-refractivity contribution is -0.138. The maximum absolute atomic E-state index is 10.8. The maximum atomic E-state index is 10.8. The number of hydrogen-bond donors (Lipinski definition) is 2. The molecule has 0 rings (SSSR count). The van der Waals surface area contributed by atoms with Crippen molar-refractivity contribution in [3.05, 3.63) is 11.8 Å². The van der Waals surface area contributed by atoms with Crippen molar-refractivity contribution in [1.29, 1.82) is 0 Å². The van der Waals surface area contributed by atoms with Crippen LogP contribution in [-0.4, -0.2) is 25.5 Å². The van der Waals surface area contributed by atoms with Crippen molar-refractivity contribution in [3.8, 4) is 0 Å². The molecule has 0 saturated heterocycles. The first-order valence-corrected chi connectivity index (χ1v) is 3.47. The summed E-state index contributed by atoms with van der Waals surface area (Å²) in [5, 5.41) is 2.29. The van der Waals surface area contributed by atoms with Gasteiger partial charge in [0.25, 0.3) is 0 Å². The molecule has 0 aliphatic carbocycles. The Bertz CT molecular complexity index is 211. The van der Waals surface area contributed by atoms with Gasteiger partial charge in [0.05, 0.1) is 6.61 Å². The van der Waals surface area contributed by atoms with Crippen LogP contribution < -0.4 is 11.1 Å². The normalized spacial score (nSPS) is 10.7. The van der Waals surface area contributed by atoms with Crippen molar-refractivity contribution in [2.45, 2.75) is 6.92 Å². The molecule has 3 N–H and O–H groups in total. The Hall–Kier alpha value is -1.52. The topological polar surface area (TPSA) is 81.4 Å². The van der Waals surface area contributed by atoms with Crippen molar-refractivity contribution in [3.63, 3.8) is 0 Å². The van der Waals surface area contributed by atoms with E-state index in [0.717, 1.165) is 6.08 Å². The predicted octanol–water partition coefficient (Wildman–Crippen LogP) is -0.862. The highest BCUT2D eigenvalue weighted by atomic mass is 16.5. The van der Waals surface area contributed by atoms with Gasteiger partial charge in [0, 0.05) is 13.1 Å². The number of nitrogens with one attached hydrogen (secondary N) is 1. The number of amides is 1. The molecule has 1 amide bonds. The summed E-state index contributed by atoms with van der Waals surface area (Å²) >= 11 is 0. The number of likely N-dealkylation sites (N-methyl/N-ethyl adjacent to an activating group) is 1. The Morgan fingerprint density at radius 2 is 2.17 bits per heavy atom. The fraction of sp³-hybridized carbons (Fsp3) is 0.429. The molecule has 0 aromatic carbocycles. The molecule has 0 spiro atoms. The molecule has 0 aliphatic rings. The van der Waals surface area contributed by atoms with Crippen LogP contribution in [0.2, 0.25) is 0 Å². The first kappa shape index (κ1) is 10.5. The molecule has 0 aliphatic heterocycles. The summed E-state index contributed by atoms with van der Waals surface area (Å²) in [7, 11) is 1.44. The van der Waals surface area contributed by atoms with E-state index in [4.69, 9.17) is 5.73 Å². The lowest BCUT2D eigenvalue weighted by Crippen LogP contribution is -2.21. The first-order chi connectivity index (χ1) is 5.61. The number of carbonyl (C=O) groups is 2. The Balaban J connectivity index is 4.17. The second-order valence-corrected chi connectivity index (χ2v) is 1.93. The van der Waals surface area contributed by atoms with Crippen LogP contribution in [0.15, 0.2) is 11.8 Å². The van der Waals surface area contributed by atoms with Gasteiger partial charge in [-0.15, -0.1) is 0 Å². The van der Waals surface area contributed by atoms with Gasteiger partial charge in [-0.05, 0) is 6.92 Å². The lowest BCUT2D eigenvalue weighted by Gasteiger charge is -2.00. The highest BCUT2D eigenvalue weighted by Gasteiger charge is 2.06. The number of esters is 1. The van der Waals surface area contributed by atoms with E-state index in [0.29, 0.717) is 0 Å². The van der Waals surface area contributed by atoms with Crippen molar-refractivity contribution in [1.82, 2.24) is 5.32 Å². The Morgan fingerprint density at radius 1 is 1.58 bits per heavy atom. The zero-order valence-electron chi connectivity index (χ0n) is 7.09. The zero-order chi connectivity index (χ0) is 9.56. The van der Waals surface area contributed by atoms with Crippen LogP contribution in [0.25, 0.3) is 0 Å². The third-order valence-electron chi connectivity index (χ3n) is 1.04. The van der Waals surface area contributed by atoms with Crippen LogP contribution in [-0.2, 0) is 14.3 Å². The number of hydrogen-bond acceptors (Lipinski definition) is 4. The smallest absolute Gasteiger partial charge is 0.354 e. The molecular weight excluding hydrogens is 160 g/mol. The zero-order valence-corrected chi connectivity index (χ0v) is 7.09. The molecule has 0 bridgehead atoms. The van der Waals surface area contributed by atoms with Gasteiger partial charge in [-0.2, -0.15) is 0 Å². The summed E-state index contributed by atoms with van der Waals surface area (Å²) in [6, 6.07) is 0. The van der Waals surface area contributed by atoms with Gasteiger partial charge in [-0.3, -0.25) is 4.79 Å². The second-order valence-electron chi connectivity index (χ2n) is 1.93. The van der Waals surface area contributed by atoms with Crippen LogP contribution >= 0.6 is 0 Å². The molecular formula is C7H12N2O3. The summed E-state index contributed by atoms with van der Waals surface area (Å²) in [5.74, 6) is -1.11. The molecule has 0 unspecified atom stereocenters. The van der Waals surface area contributed by atoms with Gasteiger partial charge in [-0.25, -0.2) is 4.79 Å². The van der Waals surface area contributed by atoms with Crippen LogP contribution in [0.3, 0.4) is 0 Å². The van der Waals surface area contributed by atoms with E-state index in [1.807, 2.05) is 0 Å².